The Morgan fingerprint density at radius 1 is 1.26 bits per heavy atom. The molecule has 19 heavy (non-hydrogen) atoms. The fourth-order valence-electron chi connectivity index (χ4n) is 2.97. The van der Waals surface area contributed by atoms with Crippen molar-refractivity contribution in [1.82, 2.24) is 0 Å². The zero-order valence-corrected chi connectivity index (χ0v) is 12.6. The molecule has 0 amide bonds. The van der Waals surface area contributed by atoms with Crippen LogP contribution in [0.1, 0.15) is 36.0 Å². The molecule has 0 spiro atoms. The molecule has 1 aromatic carbocycles. The van der Waals surface area contributed by atoms with E-state index in [1.54, 1.807) is 7.11 Å². The van der Waals surface area contributed by atoms with Gasteiger partial charge in [-0.1, -0.05) is 6.42 Å². The Hall–Kier alpha value is -1.22. The normalized spacial score (nSPS) is 16.9. The van der Waals surface area contributed by atoms with Gasteiger partial charge in [0.25, 0.3) is 0 Å². The largest absolute Gasteiger partial charge is 0.496 e. The quantitative estimate of drug-likeness (QED) is 0.857. The van der Waals surface area contributed by atoms with E-state index in [1.807, 2.05) is 0 Å². The van der Waals surface area contributed by atoms with Crippen LogP contribution in [0.5, 0.6) is 5.75 Å². The van der Waals surface area contributed by atoms with Crippen molar-refractivity contribution in [2.75, 3.05) is 25.5 Å². The van der Waals surface area contributed by atoms with E-state index in [-0.39, 0.29) is 0 Å². The Morgan fingerprint density at radius 2 is 1.95 bits per heavy atom. The maximum absolute atomic E-state index is 5.92. The minimum atomic E-state index is 0.328. The SMILES string of the molecule is COc1c(C)cc(NCC2(CN)CCC2)c(C)c1C. The van der Waals surface area contributed by atoms with Gasteiger partial charge in [-0.3, -0.25) is 0 Å². The van der Waals surface area contributed by atoms with Crippen LogP contribution in [-0.4, -0.2) is 20.2 Å². The monoisotopic (exact) mass is 262 g/mol. The summed E-state index contributed by atoms with van der Waals surface area (Å²) < 4.78 is 5.46. The van der Waals surface area contributed by atoms with Gasteiger partial charge in [0.1, 0.15) is 5.75 Å². The lowest BCUT2D eigenvalue weighted by atomic mass is 9.69. The lowest BCUT2D eigenvalue weighted by Crippen LogP contribution is -2.43. The van der Waals surface area contributed by atoms with Crippen molar-refractivity contribution in [2.24, 2.45) is 11.1 Å². The molecule has 0 atom stereocenters. The van der Waals surface area contributed by atoms with Gasteiger partial charge in [-0.2, -0.15) is 0 Å². The van der Waals surface area contributed by atoms with Crippen LogP contribution in [0.4, 0.5) is 5.69 Å². The standard InChI is InChI=1S/C16H26N2O/c1-11-8-14(12(2)13(3)15(11)19-4)18-10-16(9-17)6-5-7-16/h8,18H,5-7,9-10,17H2,1-4H3. The minimum Gasteiger partial charge on any atom is -0.496 e. The van der Waals surface area contributed by atoms with E-state index >= 15 is 0 Å². The summed E-state index contributed by atoms with van der Waals surface area (Å²) in [5.41, 5.74) is 11.1. The van der Waals surface area contributed by atoms with Gasteiger partial charge in [0.15, 0.2) is 0 Å². The molecule has 0 aromatic heterocycles. The molecule has 1 aliphatic rings. The Kier molecular flexibility index (Phi) is 4.04. The fourth-order valence-corrected chi connectivity index (χ4v) is 2.97. The summed E-state index contributed by atoms with van der Waals surface area (Å²) >= 11 is 0. The molecule has 0 radical (unpaired) electrons. The van der Waals surface area contributed by atoms with Gasteiger partial charge < -0.3 is 15.8 Å². The molecule has 106 valence electrons. The molecule has 0 saturated heterocycles. The third-order valence-electron chi connectivity index (χ3n) is 4.73. The summed E-state index contributed by atoms with van der Waals surface area (Å²) in [6, 6.07) is 2.18. The van der Waals surface area contributed by atoms with Crippen molar-refractivity contribution in [3.8, 4) is 5.75 Å². The summed E-state index contributed by atoms with van der Waals surface area (Å²) in [7, 11) is 1.74. The Morgan fingerprint density at radius 3 is 2.42 bits per heavy atom. The number of hydrogen-bond acceptors (Lipinski definition) is 3. The van der Waals surface area contributed by atoms with Crippen LogP contribution in [0.3, 0.4) is 0 Å². The fraction of sp³-hybridized carbons (Fsp3) is 0.625. The summed E-state index contributed by atoms with van der Waals surface area (Å²) in [5.74, 6) is 1.00. The average Bonchev–Trinajstić information content (AvgIpc) is 2.35. The lowest BCUT2D eigenvalue weighted by Gasteiger charge is -2.41. The first kappa shape index (κ1) is 14.2. The molecule has 0 unspecified atom stereocenters. The molecule has 0 heterocycles. The molecule has 1 aliphatic carbocycles. The van der Waals surface area contributed by atoms with Gasteiger partial charge in [-0.05, 0) is 68.3 Å². The van der Waals surface area contributed by atoms with Crippen LogP contribution in [0.15, 0.2) is 6.07 Å². The zero-order valence-electron chi connectivity index (χ0n) is 12.6. The van der Waals surface area contributed by atoms with Crippen LogP contribution in [0, 0.1) is 26.2 Å². The van der Waals surface area contributed by atoms with Crippen LogP contribution in [0.25, 0.3) is 0 Å². The predicted molar refractivity (Wildman–Crippen MR) is 81.0 cm³/mol. The second kappa shape index (κ2) is 5.41. The highest BCUT2D eigenvalue weighted by Crippen LogP contribution is 2.40. The maximum Gasteiger partial charge on any atom is 0.125 e. The Bertz CT molecular complexity index is 459. The van der Waals surface area contributed by atoms with Crippen molar-refractivity contribution in [1.29, 1.82) is 0 Å². The molecular weight excluding hydrogens is 236 g/mol. The number of benzene rings is 1. The van der Waals surface area contributed by atoms with Gasteiger partial charge in [0.2, 0.25) is 0 Å². The van der Waals surface area contributed by atoms with Crippen molar-refractivity contribution in [2.45, 2.75) is 40.0 Å². The van der Waals surface area contributed by atoms with E-state index in [2.05, 4.69) is 32.2 Å². The summed E-state index contributed by atoms with van der Waals surface area (Å²) in [5, 5.41) is 3.60. The Labute approximate surface area is 116 Å². The number of methoxy groups -OCH3 is 1. The molecule has 0 aliphatic heterocycles. The van der Waals surface area contributed by atoms with Crippen molar-refractivity contribution < 1.29 is 4.74 Å². The smallest absolute Gasteiger partial charge is 0.125 e. The van der Waals surface area contributed by atoms with Gasteiger partial charge in [0, 0.05) is 12.2 Å². The summed E-state index contributed by atoms with van der Waals surface area (Å²) in [6.45, 7) is 8.13. The van der Waals surface area contributed by atoms with E-state index in [0.29, 0.717) is 5.41 Å². The number of ether oxygens (including phenoxy) is 1. The van der Waals surface area contributed by atoms with E-state index in [9.17, 15) is 0 Å². The van der Waals surface area contributed by atoms with Crippen LogP contribution in [-0.2, 0) is 0 Å². The first-order valence-electron chi connectivity index (χ1n) is 7.12. The first-order chi connectivity index (χ1) is 9.03. The Balaban J connectivity index is 2.17. The van der Waals surface area contributed by atoms with Crippen molar-refractivity contribution in [3.05, 3.63) is 22.8 Å². The molecule has 2 rings (SSSR count). The van der Waals surface area contributed by atoms with E-state index < -0.39 is 0 Å². The van der Waals surface area contributed by atoms with Gasteiger partial charge in [-0.15, -0.1) is 0 Å². The number of hydrogen-bond donors (Lipinski definition) is 2. The van der Waals surface area contributed by atoms with E-state index in [4.69, 9.17) is 10.5 Å². The molecule has 1 saturated carbocycles. The molecule has 3 nitrogen and oxygen atoms in total. The highest BCUT2D eigenvalue weighted by molar-refractivity contribution is 5.61. The first-order valence-corrected chi connectivity index (χ1v) is 7.12. The molecule has 3 heteroatoms. The van der Waals surface area contributed by atoms with Crippen molar-refractivity contribution in [3.63, 3.8) is 0 Å². The number of nitrogens with one attached hydrogen (secondary N) is 1. The summed E-state index contributed by atoms with van der Waals surface area (Å²) in [4.78, 5) is 0. The van der Waals surface area contributed by atoms with Crippen LogP contribution in [0.2, 0.25) is 0 Å². The maximum atomic E-state index is 5.92. The average molecular weight is 262 g/mol. The minimum absolute atomic E-state index is 0.328. The second-order valence-corrected chi connectivity index (χ2v) is 5.94. The molecule has 0 bridgehead atoms. The number of rotatable bonds is 5. The predicted octanol–water partition coefficient (Wildman–Crippen LogP) is 3.16. The third-order valence-corrected chi connectivity index (χ3v) is 4.73. The zero-order chi connectivity index (χ0) is 14.0. The molecule has 1 fully saturated rings. The van der Waals surface area contributed by atoms with Gasteiger partial charge >= 0.3 is 0 Å². The second-order valence-electron chi connectivity index (χ2n) is 5.94. The lowest BCUT2D eigenvalue weighted by molar-refractivity contribution is 0.163. The van der Waals surface area contributed by atoms with E-state index in [1.165, 1.54) is 41.6 Å². The van der Waals surface area contributed by atoms with Gasteiger partial charge in [-0.25, -0.2) is 0 Å². The molecular formula is C16H26N2O. The third kappa shape index (κ3) is 2.57. The summed E-state index contributed by atoms with van der Waals surface area (Å²) in [6.07, 6.45) is 3.83. The number of nitrogens with two attached hydrogens (primary N) is 1. The topological polar surface area (TPSA) is 47.3 Å². The molecule has 1 aromatic rings. The van der Waals surface area contributed by atoms with Crippen LogP contribution < -0.4 is 15.8 Å². The highest BCUT2D eigenvalue weighted by Gasteiger charge is 2.35. The number of anilines is 1. The highest BCUT2D eigenvalue weighted by atomic mass is 16.5. The number of aryl methyl sites for hydroxylation is 1. The van der Waals surface area contributed by atoms with Crippen molar-refractivity contribution >= 4 is 5.69 Å². The molecule has 3 N–H and O–H groups in total. The van der Waals surface area contributed by atoms with Gasteiger partial charge in [0.05, 0.1) is 7.11 Å². The van der Waals surface area contributed by atoms with Crippen LogP contribution >= 0.6 is 0 Å². The van der Waals surface area contributed by atoms with E-state index in [0.717, 1.165) is 18.8 Å².